The predicted molar refractivity (Wildman–Crippen MR) is 103 cm³/mol. The molecule has 1 aromatic carbocycles. The minimum atomic E-state index is -0.905. The number of nitrogens with one attached hydrogen (secondary N) is 2. The summed E-state index contributed by atoms with van der Waals surface area (Å²) in [6, 6.07) is 6.61. The quantitative estimate of drug-likeness (QED) is 0.420. The highest BCUT2D eigenvalue weighted by atomic mass is 127. The molecule has 126 valence electrons. The Morgan fingerprint density at radius 1 is 1.27 bits per heavy atom. The summed E-state index contributed by atoms with van der Waals surface area (Å²) < 4.78 is 25.2. The first-order chi connectivity index (χ1) is 9.84. The lowest BCUT2D eigenvalue weighted by atomic mass is 10.2. The van der Waals surface area contributed by atoms with Crippen LogP contribution in [0.2, 0.25) is 0 Å². The van der Waals surface area contributed by atoms with Gasteiger partial charge in [-0.25, -0.2) is 4.39 Å². The van der Waals surface area contributed by atoms with Crippen LogP contribution in [0.25, 0.3) is 0 Å². The Hall–Kier alpha value is -0.700. The maximum Gasteiger partial charge on any atom is 0.191 e. The molecule has 4 nitrogen and oxygen atoms in total. The number of nitrogens with zero attached hydrogens (tertiary/aromatic N) is 1. The van der Waals surface area contributed by atoms with Gasteiger partial charge >= 0.3 is 0 Å². The molecular weight excluding hydrogens is 416 g/mol. The van der Waals surface area contributed by atoms with E-state index in [1.807, 2.05) is 20.8 Å². The fourth-order valence-electron chi connectivity index (χ4n) is 1.61. The van der Waals surface area contributed by atoms with Crippen LogP contribution in [0.1, 0.15) is 26.3 Å². The Balaban J connectivity index is 0.00000441. The van der Waals surface area contributed by atoms with Crippen LogP contribution >= 0.6 is 24.0 Å². The average Bonchev–Trinajstić information content (AvgIpc) is 2.42. The summed E-state index contributed by atoms with van der Waals surface area (Å²) in [5, 5.41) is 6.12. The number of hydrogen-bond donors (Lipinski definition) is 2. The Kier molecular flexibility index (Phi) is 9.82. The predicted octanol–water partition coefficient (Wildman–Crippen LogP) is 2.66. The van der Waals surface area contributed by atoms with E-state index in [0.717, 1.165) is 0 Å². The summed E-state index contributed by atoms with van der Waals surface area (Å²) in [5.74, 6) is 0.877. The first kappa shape index (κ1) is 21.3. The number of guanidine groups is 1. The van der Waals surface area contributed by atoms with E-state index >= 15 is 0 Å². The third-order valence-corrected chi connectivity index (χ3v) is 4.83. The van der Waals surface area contributed by atoms with Crippen molar-refractivity contribution in [3.63, 3.8) is 0 Å². The van der Waals surface area contributed by atoms with Gasteiger partial charge < -0.3 is 10.6 Å². The van der Waals surface area contributed by atoms with Gasteiger partial charge in [0.2, 0.25) is 0 Å². The fourth-order valence-corrected chi connectivity index (χ4v) is 2.51. The van der Waals surface area contributed by atoms with Crippen LogP contribution in [-0.2, 0) is 17.3 Å². The molecule has 0 amide bonds. The van der Waals surface area contributed by atoms with Crippen molar-refractivity contribution < 1.29 is 8.60 Å². The summed E-state index contributed by atoms with van der Waals surface area (Å²) in [5.41, 5.74) is 0.582. The molecule has 0 heterocycles. The third kappa shape index (κ3) is 7.53. The molecule has 2 N–H and O–H groups in total. The lowest BCUT2D eigenvalue weighted by Gasteiger charge is -2.18. The summed E-state index contributed by atoms with van der Waals surface area (Å²) in [4.78, 5) is 4.06. The maximum absolute atomic E-state index is 13.5. The molecule has 1 aromatic rings. The van der Waals surface area contributed by atoms with E-state index < -0.39 is 10.8 Å². The molecule has 22 heavy (non-hydrogen) atoms. The van der Waals surface area contributed by atoms with Crippen molar-refractivity contribution in [3.05, 3.63) is 35.6 Å². The van der Waals surface area contributed by atoms with Crippen molar-refractivity contribution in [2.45, 2.75) is 32.1 Å². The molecule has 0 spiro atoms. The fraction of sp³-hybridized carbons (Fsp3) is 0.533. The second-order valence-electron chi connectivity index (χ2n) is 5.61. The lowest BCUT2D eigenvalue weighted by Crippen LogP contribution is -2.40. The third-order valence-electron chi connectivity index (χ3n) is 2.89. The molecule has 1 rings (SSSR count). The van der Waals surface area contributed by atoms with E-state index in [0.29, 0.717) is 30.4 Å². The number of aliphatic imine (C=N–C) groups is 1. The van der Waals surface area contributed by atoms with Crippen LogP contribution in [0.3, 0.4) is 0 Å². The van der Waals surface area contributed by atoms with Crippen LogP contribution in [-0.4, -0.2) is 34.3 Å². The molecule has 0 radical (unpaired) electrons. The number of halogens is 2. The Morgan fingerprint density at radius 2 is 1.91 bits per heavy atom. The van der Waals surface area contributed by atoms with Gasteiger partial charge in [0, 0.05) is 47.0 Å². The van der Waals surface area contributed by atoms with Crippen LogP contribution < -0.4 is 10.6 Å². The van der Waals surface area contributed by atoms with Crippen molar-refractivity contribution in [3.8, 4) is 0 Å². The largest absolute Gasteiger partial charge is 0.355 e. The highest BCUT2D eigenvalue weighted by Crippen LogP contribution is 2.10. The molecular formula is C15H25FIN3OS. The van der Waals surface area contributed by atoms with Crippen LogP contribution in [0.15, 0.2) is 29.3 Å². The topological polar surface area (TPSA) is 53.5 Å². The van der Waals surface area contributed by atoms with Crippen molar-refractivity contribution in [2.24, 2.45) is 4.99 Å². The van der Waals surface area contributed by atoms with Crippen molar-refractivity contribution in [1.29, 1.82) is 0 Å². The summed E-state index contributed by atoms with van der Waals surface area (Å²) in [7, 11) is 0.746. The zero-order valence-electron chi connectivity index (χ0n) is 13.5. The van der Waals surface area contributed by atoms with E-state index in [4.69, 9.17) is 0 Å². The first-order valence-electron chi connectivity index (χ1n) is 6.91. The molecule has 0 fully saturated rings. The molecule has 1 atom stereocenters. The van der Waals surface area contributed by atoms with E-state index in [-0.39, 0.29) is 34.5 Å². The SMILES string of the molecule is CN=C(NCCS(=O)C(C)(C)C)NCc1ccccc1F.I. The summed E-state index contributed by atoms with van der Waals surface area (Å²) in [6.45, 7) is 6.77. The van der Waals surface area contributed by atoms with Crippen molar-refractivity contribution in [1.82, 2.24) is 10.6 Å². The minimum absolute atomic E-state index is 0. The Labute approximate surface area is 151 Å². The molecule has 0 aliphatic rings. The molecule has 7 heteroatoms. The molecule has 0 aromatic heterocycles. The normalized spacial score (nSPS) is 13.2. The smallest absolute Gasteiger partial charge is 0.191 e. The number of benzene rings is 1. The van der Waals surface area contributed by atoms with E-state index in [1.54, 1.807) is 25.2 Å². The maximum atomic E-state index is 13.5. The zero-order valence-corrected chi connectivity index (χ0v) is 16.6. The molecule has 0 bridgehead atoms. The van der Waals surface area contributed by atoms with Gasteiger partial charge in [0.1, 0.15) is 5.82 Å². The monoisotopic (exact) mass is 441 g/mol. The van der Waals surface area contributed by atoms with Crippen molar-refractivity contribution >= 4 is 40.7 Å². The van der Waals surface area contributed by atoms with Gasteiger partial charge in [-0.2, -0.15) is 0 Å². The van der Waals surface area contributed by atoms with Gasteiger partial charge in [0.25, 0.3) is 0 Å². The Morgan fingerprint density at radius 3 is 2.45 bits per heavy atom. The second-order valence-corrected chi connectivity index (χ2v) is 7.93. The molecule has 0 saturated carbocycles. The highest BCUT2D eigenvalue weighted by Gasteiger charge is 2.18. The van der Waals surface area contributed by atoms with E-state index in [1.165, 1.54) is 6.07 Å². The van der Waals surface area contributed by atoms with Crippen LogP contribution in [0.4, 0.5) is 4.39 Å². The molecule has 1 unspecified atom stereocenters. The zero-order chi connectivity index (χ0) is 15.9. The lowest BCUT2D eigenvalue weighted by molar-refractivity contribution is 0.605. The van der Waals surface area contributed by atoms with Crippen molar-refractivity contribution in [2.75, 3.05) is 19.3 Å². The highest BCUT2D eigenvalue weighted by molar-refractivity contribution is 14.0. The minimum Gasteiger partial charge on any atom is -0.355 e. The van der Waals surface area contributed by atoms with E-state index in [9.17, 15) is 8.60 Å². The van der Waals surface area contributed by atoms with Gasteiger partial charge in [0.05, 0.1) is 0 Å². The van der Waals surface area contributed by atoms with Gasteiger partial charge in [-0.3, -0.25) is 9.20 Å². The average molecular weight is 441 g/mol. The molecule has 0 saturated heterocycles. The number of hydrogen-bond acceptors (Lipinski definition) is 2. The molecule has 0 aliphatic heterocycles. The second kappa shape index (κ2) is 10.1. The first-order valence-corrected chi connectivity index (χ1v) is 8.23. The molecule has 0 aliphatic carbocycles. The van der Waals surface area contributed by atoms with Gasteiger partial charge in [-0.1, -0.05) is 18.2 Å². The van der Waals surface area contributed by atoms with Gasteiger partial charge in [0.15, 0.2) is 5.96 Å². The van der Waals surface area contributed by atoms with Crippen LogP contribution in [0.5, 0.6) is 0 Å². The van der Waals surface area contributed by atoms with Gasteiger partial charge in [-0.15, -0.1) is 24.0 Å². The van der Waals surface area contributed by atoms with E-state index in [2.05, 4.69) is 15.6 Å². The van der Waals surface area contributed by atoms with Gasteiger partial charge in [-0.05, 0) is 26.8 Å². The summed E-state index contributed by atoms with van der Waals surface area (Å²) in [6.07, 6.45) is 0. The Bertz CT molecular complexity index is 518. The summed E-state index contributed by atoms with van der Waals surface area (Å²) >= 11 is 0. The number of rotatable bonds is 5. The standard InChI is InChI=1S/C15H24FN3OS.HI/c1-15(2,3)21(20)10-9-18-14(17-4)19-11-12-7-5-6-8-13(12)16;/h5-8H,9-11H2,1-4H3,(H2,17,18,19);1H. The van der Waals surface area contributed by atoms with Crippen LogP contribution in [0, 0.1) is 5.82 Å².